The fourth-order valence-corrected chi connectivity index (χ4v) is 3.73. The Morgan fingerprint density at radius 2 is 1.78 bits per heavy atom. The molecule has 0 bridgehead atoms. The summed E-state index contributed by atoms with van der Waals surface area (Å²) in [7, 11) is 0. The zero-order valence-corrected chi connectivity index (χ0v) is 15.0. The molecule has 0 spiro atoms. The summed E-state index contributed by atoms with van der Waals surface area (Å²) in [6.07, 6.45) is 0.801. The third-order valence-corrected chi connectivity index (χ3v) is 5.19. The SMILES string of the molecule is O=C(c1ccc(N2CCOCC2)c([N+](=O)[O-])c1)N1CCc2ccccc2C1. The van der Waals surface area contributed by atoms with Crippen molar-refractivity contribution in [1.29, 1.82) is 0 Å². The maximum atomic E-state index is 12.9. The van der Waals surface area contributed by atoms with Crippen LogP contribution in [0.4, 0.5) is 11.4 Å². The molecule has 0 aliphatic carbocycles. The number of nitro groups is 1. The lowest BCUT2D eigenvalue weighted by Crippen LogP contribution is -2.37. The van der Waals surface area contributed by atoms with E-state index in [2.05, 4.69) is 6.07 Å². The Morgan fingerprint density at radius 1 is 1.04 bits per heavy atom. The highest BCUT2D eigenvalue weighted by atomic mass is 16.6. The van der Waals surface area contributed by atoms with Gasteiger partial charge in [-0.1, -0.05) is 24.3 Å². The normalized spacial score (nSPS) is 16.7. The fourth-order valence-electron chi connectivity index (χ4n) is 3.73. The summed E-state index contributed by atoms with van der Waals surface area (Å²) < 4.78 is 5.32. The topological polar surface area (TPSA) is 75.9 Å². The number of nitrogens with zero attached hydrogens (tertiary/aromatic N) is 3. The van der Waals surface area contributed by atoms with Crippen molar-refractivity contribution in [3.05, 3.63) is 69.3 Å². The molecule has 0 N–H and O–H groups in total. The first-order valence-electron chi connectivity index (χ1n) is 9.10. The standard InChI is InChI=1S/C20H21N3O4/c24-20(22-8-7-15-3-1-2-4-17(15)14-22)16-5-6-18(19(13-16)23(25)26)21-9-11-27-12-10-21/h1-6,13H,7-12,14H2. The Hall–Kier alpha value is -2.93. The van der Waals surface area contributed by atoms with Gasteiger partial charge >= 0.3 is 0 Å². The Kier molecular flexibility index (Phi) is 4.77. The molecule has 1 saturated heterocycles. The molecule has 4 rings (SSSR count). The number of benzene rings is 2. The molecule has 2 heterocycles. The molecule has 0 radical (unpaired) electrons. The molecule has 2 aliphatic rings. The second-order valence-electron chi connectivity index (χ2n) is 6.81. The van der Waals surface area contributed by atoms with Crippen molar-refractivity contribution < 1.29 is 14.5 Å². The molecule has 7 heteroatoms. The second-order valence-corrected chi connectivity index (χ2v) is 6.81. The van der Waals surface area contributed by atoms with Gasteiger partial charge in [-0.3, -0.25) is 14.9 Å². The lowest BCUT2D eigenvalue weighted by atomic mass is 9.99. The van der Waals surface area contributed by atoms with Crippen molar-refractivity contribution >= 4 is 17.3 Å². The zero-order chi connectivity index (χ0) is 18.8. The number of morpholine rings is 1. The van der Waals surface area contributed by atoms with Gasteiger partial charge in [0.1, 0.15) is 5.69 Å². The van der Waals surface area contributed by atoms with Crippen LogP contribution in [0.1, 0.15) is 21.5 Å². The Balaban J connectivity index is 1.59. The van der Waals surface area contributed by atoms with E-state index in [9.17, 15) is 14.9 Å². The molecule has 27 heavy (non-hydrogen) atoms. The minimum atomic E-state index is -0.410. The lowest BCUT2D eigenvalue weighted by Gasteiger charge is -2.30. The number of ether oxygens (including phenoxy) is 1. The van der Waals surface area contributed by atoms with Crippen LogP contribution in [0.2, 0.25) is 0 Å². The number of fused-ring (bicyclic) bond motifs is 1. The molecule has 0 saturated carbocycles. The first kappa shape index (κ1) is 17.5. The smallest absolute Gasteiger partial charge is 0.293 e. The Bertz CT molecular complexity index is 877. The van der Waals surface area contributed by atoms with Crippen LogP contribution in [0.5, 0.6) is 0 Å². The molecule has 0 aromatic heterocycles. The monoisotopic (exact) mass is 367 g/mol. The van der Waals surface area contributed by atoms with E-state index >= 15 is 0 Å². The molecular weight excluding hydrogens is 346 g/mol. The van der Waals surface area contributed by atoms with Gasteiger partial charge in [0.05, 0.1) is 18.1 Å². The second kappa shape index (κ2) is 7.36. The number of rotatable bonds is 3. The number of carbonyl (C=O) groups is 1. The van der Waals surface area contributed by atoms with Crippen molar-refractivity contribution in [3.63, 3.8) is 0 Å². The quantitative estimate of drug-likeness (QED) is 0.616. The summed E-state index contributed by atoms with van der Waals surface area (Å²) in [6, 6.07) is 12.9. The first-order chi connectivity index (χ1) is 13.1. The van der Waals surface area contributed by atoms with E-state index in [0.717, 1.165) is 12.0 Å². The first-order valence-corrected chi connectivity index (χ1v) is 9.10. The summed E-state index contributed by atoms with van der Waals surface area (Å²) >= 11 is 0. The van der Waals surface area contributed by atoms with E-state index in [4.69, 9.17) is 4.74 Å². The summed E-state index contributed by atoms with van der Waals surface area (Å²) in [6.45, 7) is 3.47. The van der Waals surface area contributed by atoms with Crippen LogP contribution in [0.15, 0.2) is 42.5 Å². The molecule has 0 unspecified atom stereocenters. The van der Waals surface area contributed by atoms with Crippen LogP contribution in [-0.4, -0.2) is 48.6 Å². The molecule has 0 atom stereocenters. The molecule has 140 valence electrons. The molecule has 2 aromatic rings. The van der Waals surface area contributed by atoms with Gasteiger partial charge in [0.25, 0.3) is 11.6 Å². The van der Waals surface area contributed by atoms with E-state index in [0.29, 0.717) is 50.6 Å². The van der Waals surface area contributed by atoms with Crippen molar-refractivity contribution in [2.75, 3.05) is 37.7 Å². The largest absolute Gasteiger partial charge is 0.378 e. The third-order valence-electron chi connectivity index (χ3n) is 5.19. The van der Waals surface area contributed by atoms with Crippen LogP contribution >= 0.6 is 0 Å². The minimum Gasteiger partial charge on any atom is -0.378 e. The molecule has 7 nitrogen and oxygen atoms in total. The van der Waals surface area contributed by atoms with E-state index in [1.165, 1.54) is 11.6 Å². The Labute approximate surface area is 157 Å². The maximum Gasteiger partial charge on any atom is 0.293 e. The highest BCUT2D eigenvalue weighted by Crippen LogP contribution is 2.31. The van der Waals surface area contributed by atoms with Gasteiger partial charge in [-0.05, 0) is 29.7 Å². The summed E-state index contributed by atoms with van der Waals surface area (Å²) in [5, 5.41) is 11.6. The number of nitro benzene ring substituents is 1. The number of anilines is 1. The van der Waals surface area contributed by atoms with Gasteiger partial charge in [-0.25, -0.2) is 0 Å². The van der Waals surface area contributed by atoms with E-state index in [-0.39, 0.29) is 11.6 Å². The highest BCUT2D eigenvalue weighted by Gasteiger charge is 2.26. The molecule has 1 fully saturated rings. The van der Waals surface area contributed by atoms with Crippen LogP contribution in [0, 0.1) is 10.1 Å². The van der Waals surface area contributed by atoms with Crippen molar-refractivity contribution in [2.24, 2.45) is 0 Å². The number of hydrogen-bond donors (Lipinski definition) is 0. The van der Waals surface area contributed by atoms with Gasteiger partial charge < -0.3 is 14.5 Å². The highest BCUT2D eigenvalue weighted by molar-refractivity contribution is 5.96. The van der Waals surface area contributed by atoms with Gasteiger partial charge in [0.2, 0.25) is 0 Å². The maximum absolute atomic E-state index is 12.9. The molecule has 2 aromatic carbocycles. The van der Waals surface area contributed by atoms with Crippen LogP contribution in [0.3, 0.4) is 0 Å². The average Bonchev–Trinajstić information content (AvgIpc) is 2.73. The minimum absolute atomic E-state index is 0.0276. The van der Waals surface area contributed by atoms with Crippen molar-refractivity contribution in [3.8, 4) is 0 Å². The Morgan fingerprint density at radius 3 is 2.52 bits per heavy atom. The summed E-state index contributed by atoms with van der Waals surface area (Å²) in [5.74, 6) is -0.166. The predicted molar refractivity (Wildman–Crippen MR) is 101 cm³/mol. The third kappa shape index (κ3) is 3.50. The van der Waals surface area contributed by atoms with Crippen LogP contribution < -0.4 is 4.90 Å². The van der Waals surface area contributed by atoms with Gasteiger partial charge in [-0.2, -0.15) is 0 Å². The van der Waals surface area contributed by atoms with Crippen LogP contribution in [0.25, 0.3) is 0 Å². The van der Waals surface area contributed by atoms with Gasteiger partial charge in [0.15, 0.2) is 0 Å². The van der Waals surface area contributed by atoms with Crippen molar-refractivity contribution in [2.45, 2.75) is 13.0 Å². The number of amides is 1. The summed E-state index contributed by atoms with van der Waals surface area (Å²) in [5.41, 5.74) is 3.27. The fraction of sp³-hybridized carbons (Fsp3) is 0.350. The van der Waals surface area contributed by atoms with Crippen LogP contribution in [-0.2, 0) is 17.7 Å². The number of carbonyl (C=O) groups excluding carboxylic acids is 1. The van der Waals surface area contributed by atoms with E-state index in [1.54, 1.807) is 17.0 Å². The predicted octanol–water partition coefficient (Wildman–Crippen LogP) is 2.63. The average molecular weight is 367 g/mol. The molecular formula is C20H21N3O4. The van der Waals surface area contributed by atoms with Gasteiger partial charge in [-0.15, -0.1) is 0 Å². The van der Waals surface area contributed by atoms with Gasteiger partial charge in [0, 0.05) is 37.8 Å². The zero-order valence-electron chi connectivity index (χ0n) is 15.0. The van der Waals surface area contributed by atoms with E-state index < -0.39 is 4.92 Å². The van der Waals surface area contributed by atoms with E-state index in [1.807, 2.05) is 23.1 Å². The molecule has 1 amide bonds. The van der Waals surface area contributed by atoms with Crippen molar-refractivity contribution in [1.82, 2.24) is 4.90 Å². The number of hydrogen-bond acceptors (Lipinski definition) is 5. The lowest BCUT2D eigenvalue weighted by molar-refractivity contribution is -0.384. The molecule has 2 aliphatic heterocycles. The summed E-state index contributed by atoms with van der Waals surface area (Å²) in [4.78, 5) is 27.8.